The van der Waals surface area contributed by atoms with Gasteiger partial charge in [0.25, 0.3) is 0 Å². The van der Waals surface area contributed by atoms with E-state index in [4.69, 9.17) is 19.9 Å². The summed E-state index contributed by atoms with van der Waals surface area (Å²) in [6.07, 6.45) is 51.4. The number of unbranched alkanes of at least 4 members (excludes halogenated alkanes) is 25. The lowest BCUT2D eigenvalue weighted by Gasteiger charge is -2.22. The van der Waals surface area contributed by atoms with Crippen molar-refractivity contribution in [1.29, 1.82) is 0 Å². The SMILES string of the molecule is CCCCCCCCC=CCCCCCCCCN(CCCC)CCOCCOCCOCCN(CCCN)CCCCCCCC/C=C\CCCCCCCC. The second-order valence-corrected chi connectivity index (χ2v) is 16.9. The van der Waals surface area contributed by atoms with Crippen LogP contribution in [-0.4, -0.2) is 95.3 Å². The van der Waals surface area contributed by atoms with Crippen LogP contribution in [0.4, 0.5) is 0 Å². The molecule has 57 heavy (non-hydrogen) atoms. The van der Waals surface area contributed by atoms with E-state index in [1.807, 2.05) is 0 Å². The molecule has 0 spiro atoms. The summed E-state index contributed by atoms with van der Waals surface area (Å²) in [4.78, 5) is 5.15. The zero-order valence-electron chi connectivity index (χ0n) is 39.1. The third-order valence-corrected chi connectivity index (χ3v) is 11.3. The molecule has 0 aliphatic carbocycles. The molecule has 340 valence electrons. The van der Waals surface area contributed by atoms with E-state index in [1.54, 1.807) is 0 Å². The Morgan fingerprint density at radius 2 is 0.579 bits per heavy atom. The average Bonchev–Trinajstić information content (AvgIpc) is 3.22. The molecule has 0 heterocycles. The molecule has 6 heteroatoms. The van der Waals surface area contributed by atoms with Crippen molar-refractivity contribution in [3.63, 3.8) is 0 Å². The van der Waals surface area contributed by atoms with Crippen LogP contribution in [0.3, 0.4) is 0 Å². The quantitative estimate of drug-likeness (QED) is 0.0488. The maximum atomic E-state index is 5.95. The molecule has 0 unspecified atom stereocenters. The Morgan fingerprint density at radius 1 is 0.298 bits per heavy atom. The predicted octanol–water partition coefficient (Wildman–Crippen LogP) is 13.9. The molecule has 2 N–H and O–H groups in total. The highest BCUT2D eigenvalue weighted by molar-refractivity contribution is 4.82. The number of hydrogen-bond donors (Lipinski definition) is 1. The Bertz CT molecular complexity index is 717. The zero-order chi connectivity index (χ0) is 41.2. The third-order valence-electron chi connectivity index (χ3n) is 11.3. The molecule has 0 rings (SSSR count). The van der Waals surface area contributed by atoms with E-state index in [1.165, 1.54) is 206 Å². The molecule has 0 radical (unpaired) electrons. The van der Waals surface area contributed by atoms with E-state index >= 15 is 0 Å². The highest BCUT2D eigenvalue weighted by Gasteiger charge is 2.06. The summed E-state index contributed by atoms with van der Waals surface area (Å²) in [5, 5.41) is 0. The van der Waals surface area contributed by atoms with Gasteiger partial charge in [-0.3, -0.25) is 0 Å². The molecule has 0 aromatic carbocycles. The van der Waals surface area contributed by atoms with Crippen LogP contribution in [0, 0.1) is 0 Å². The molecule has 0 amide bonds. The highest BCUT2D eigenvalue weighted by Crippen LogP contribution is 2.12. The van der Waals surface area contributed by atoms with Gasteiger partial charge in [-0.2, -0.15) is 0 Å². The second kappa shape index (κ2) is 51.4. The van der Waals surface area contributed by atoms with Crippen LogP contribution in [0.1, 0.15) is 220 Å². The van der Waals surface area contributed by atoms with Gasteiger partial charge in [-0.25, -0.2) is 0 Å². The summed E-state index contributed by atoms with van der Waals surface area (Å²) >= 11 is 0. The highest BCUT2D eigenvalue weighted by atomic mass is 16.5. The van der Waals surface area contributed by atoms with Crippen LogP contribution in [0.15, 0.2) is 24.3 Å². The van der Waals surface area contributed by atoms with Gasteiger partial charge in [0.1, 0.15) is 0 Å². The van der Waals surface area contributed by atoms with E-state index in [0.29, 0.717) is 26.4 Å². The molecule has 0 saturated carbocycles. The minimum Gasteiger partial charge on any atom is -0.378 e. The lowest BCUT2D eigenvalue weighted by Crippen LogP contribution is -2.31. The Morgan fingerprint density at radius 3 is 0.930 bits per heavy atom. The summed E-state index contributed by atoms with van der Waals surface area (Å²) in [7, 11) is 0. The predicted molar refractivity (Wildman–Crippen MR) is 253 cm³/mol. The number of rotatable bonds is 50. The fourth-order valence-corrected chi connectivity index (χ4v) is 7.46. The molecule has 0 aromatic heterocycles. The van der Waals surface area contributed by atoms with Crippen LogP contribution < -0.4 is 5.73 Å². The van der Waals surface area contributed by atoms with Gasteiger partial charge >= 0.3 is 0 Å². The normalized spacial score (nSPS) is 12.2. The monoisotopic (exact) mass is 806 g/mol. The van der Waals surface area contributed by atoms with E-state index in [0.717, 1.165) is 52.4 Å². The lowest BCUT2D eigenvalue weighted by atomic mass is 10.1. The van der Waals surface area contributed by atoms with Gasteiger partial charge in [-0.15, -0.1) is 0 Å². The number of nitrogens with zero attached hydrogens (tertiary/aromatic N) is 2. The molecule has 0 aliphatic rings. The van der Waals surface area contributed by atoms with E-state index in [9.17, 15) is 0 Å². The van der Waals surface area contributed by atoms with Crippen molar-refractivity contribution in [1.82, 2.24) is 9.80 Å². The van der Waals surface area contributed by atoms with Gasteiger partial charge < -0.3 is 29.7 Å². The first-order valence-electron chi connectivity index (χ1n) is 25.5. The van der Waals surface area contributed by atoms with Crippen LogP contribution >= 0.6 is 0 Å². The first kappa shape index (κ1) is 56.2. The van der Waals surface area contributed by atoms with Crippen molar-refractivity contribution in [3.8, 4) is 0 Å². The maximum absolute atomic E-state index is 5.95. The molecule has 6 nitrogen and oxygen atoms in total. The molecule has 0 bridgehead atoms. The minimum atomic E-state index is 0.639. The number of hydrogen-bond acceptors (Lipinski definition) is 6. The topological polar surface area (TPSA) is 60.2 Å². The Labute approximate surface area is 358 Å². The largest absolute Gasteiger partial charge is 0.378 e. The van der Waals surface area contributed by atoms with Gasteiger partial charge in [0.05, 0.1) is 39.6 Å². The Hall–Kier alpha value is -0.760. The van der Waals surface area contributed by atoms with Crippen molar-refractivity contribution in [3.05, 3.63) is 24.3 Å². The van der Waals surface area contributed by atoms with E-state index in [-0.39, 0.29) is 0 Å². The van der Waals surface area contributed by atoms with Crippen molar-refractivity contribution in [2.75, 3.05) is 85.5 Å². The Balaban J connectivity index is 3.72. The molecular formula is C51H103N3O3. The molecular weight excluding hydrogens is 703 g/mol. The first-order chi connectivity index (χ1) is 28.3. The number of nitrogens with two attached hydrogens (primary N) is 1. The van der Waals surface area contributed by atoms with Gasteiger partial charge in [-0.05, 0) is 110 Å². The zero-order valence-corrected chi connectivity index (χ0v) is 39.1. The second-order valence-electron chi connectivity index (χ2n) is 16.9. The van der Waals surface area contributed by atoms with Crippen molar-refractivity contribution < 1.29 is 14.2 Å². The average molecular weight is 806 g/mol. The summed E-state index contributed by atoms with van der Waals surface area (Å²) in [5.41, 5.74) is 5.83. The van der Waals surface area contributed by atoms with Crippen LogP contribution in [0.5, 0.6) is 0 Å². The fourth-order valence-electron chi connectivity index (χ4n) is 7.46. The van der Waals surface area contributed by atoms with Crippen LogP contribution in [0.25, 0.3) is 0 Å². The van der Waals surface area contributed by atoms with E-state index < -0.39 is 0 Å². The number of allylic oxidation sites excluding steroid dienone is 4. The minimum absolute atomic E-state index is 0.639. The van der Waals surface area contributed by atoms with Crippen LogP contribution in [-0.2, 0) is 14.2 Å². The third kappa shape index (κ3) is 47.8. The van der Waals surface area contributed by atoms with Crippen molar-refractivity contribution in [2.45, 2.75) is 220 Å². The maximum Gasteiger partial charge on any atom is 0.0701 e. The fraction of sp³-hybridized carbons (Fsp3) is 0.922. The Kier molecular flexibility index (Phi) is 50.7. The summed E-state index contributed by atoms with van der Waals surface area (Å²) in [5.74, 6) is 0. The van der Waals surface area contributed by atoms with Crippen LogP contribution in [0.2, 0.25) is 0 Å². The molecule has 0 fully saturated rings. The van der Waals surface area contributed by atoms with E-state index in [2.05, 4.69) is 54.9 Å². The molecule has 0 aliphatic heterocycles. The van der Waals surface area contributed by atoms with Crippen molar-refractivity contribution >= 4 is 0 Å². The summed E-state index contributed by atoms with van der Waals surface area (Å²) < 4.78 is 17.7. The molecule has 0 saturated heterocycles. The summed E-state index contributed by atoms with van der Waals surface area (Å²) in [6, 6.07) is 0. The van der Waals surface area contributed by atoms with Crippen molar-refractivity contribution in [2.24, 2.45) is 5.73 Å². The standard InChI is InChI=1S/C51H103N3O3/c1-4-7-10-12-14-16-18-20-22-24-26-28-30-32-34-36-41-53(40-9-6-3)44-46-55-48-50-57-51-49-56-47-45-54(43-38-39-52)42-37-35-33-31-29-27-25-23-21-19-17-15-13-11-8-5-2/h20-23H,4-19,24-52H2,1-3H3/b22-20?,23-21-. The lowest BCUT2D eigenvalue weighted by molar-refractivity contribution is 0.00693. The molecule has 0 aromatic rings. The number of ether oxygens (including phenoxy) is 3. The summed E-state index contributed by atoms with van der Waals surface area (Å²) in [6.45, 7) is 18.5. The van der Waals surface area contributed by atoms with Gasteiger partial charge in [-0.1, -0.05) is 167 Å². The van der Waals surface area contributed by atoms with Gasteiger partial charge in [0, 0.05) is 13.1 Å². The first-order valence-corrected chi connectivity index (χ1v) is 25.5. The molecule has 0 atom stereocenters. The van der Waals surface area contributed by atoms with Gasteiger partial charge in [0.2, 0.25) is 0 Å². The smallest absolute Gasteiger partial charge is 0.0701 e. The van der Waals surface area contributed by atoms with Gasteiger partial charge in [0.15, 0.2) is 0 Å².